The summed E-state index contributed by atoms with van der Waals surface area (Å²) in [5.74, 6) is -0.352. The van der Waals surface area contributed by atoms with E-state index in [-0.39, 0.29) is 17.4 Å². The summed E-state index contributed by atoms with van der Waals surface area (Å²) < 4.78 is 5.62. The minimum Gasteiger partial charge on any atom is -0.468 e. The second kappa shape index (κ2) is 9.73. The standard InChI is InChI=1S/C24H19N3O3S2/c1-15-21(23(29)27-16-7-3-2-4-8-16)22(19-9-5-11-30-19)17(13-25)24(26-15)32-14-18(28)20-10-6-12-31-20/h2-12,22,26H,14H2,1H3,(H,27,29). The molecular formula is C24H19N3O3S2. The lowest BCUT2D eigenvalue weighted by Crippen LogP contribution is -2.30. The molecule has 3 heterocycles. The van der Waals surface area contributed by atoms with E-state index in [1.54, 1.807) is 37.3 Å². The molecule has 6 nitrogen and oxygen atoms in total. The topological polar surface area (TPSA) is 95.1 Å². The van der Waals surface area contributed by atoms with Crippen molar-refractivity contribution in [2.75, 3.05) is 11.1 Å². The second-order valence-electron chi connectivity index (χ2n) is 6.98. The number of carbonyl (C=O) groups is 2. The van der Waals surface area contributed by atoms with Crippen molar-refractivity contribution in [2.45, 2.75) is 12.8 Å². The van der Waals surface area contributed by atoms with Crippen LogP contribution in [0.1, 0.15) is 28.3 Å². The first-order valence-electron chi connectivity index (χ1n) is 9.80. The smallest absolute Gasteiger partial charge is 0.254 e. The third kappa shape index (κ3) is 4.54. The number of thioether (sulfide) groups is 1. The number of benzene rings is 1. The SMILES string of the molecule is CC1=C(C(=O)Nc2ccccc2)C(c2ccco2)C(C#N)=C(SCC(=O)c2cccs2)N1. The summed E-state index contributed by atoms with van der Waals surface area (Å²) in [5, 5.41) is 18.5. The Balaban J connectivity index is 1.65. The summed E-state index contributed by atoms with van der Waals surface area (Å²) in [6, 6.07) is 18.4. The zero-order valence-corrected chi connectivity index (χ0v) is 18.8. The van der Waals surface area contributed by atoms with Crippen molar-refractivity contribution in [1.82, 2.24) is 5.32 Å². The molecule has 32 heavy (non-hydrogen) atoms. The number of dihydropyridines is 1. The van der Waals surface area contributed by atoms with E-state index in [1.165, 1.54) is 29.4 Å². The molecule has 1 atom stereocenters. The van der Waals surface area contributed by atoms with E-state index in [2.05, 4.69) is 16.7 Å². The number of hydrogen-bond donors (Lipinski definition) is 2. The van der Waals surface area contributed by atoms with Crippen LogP contribution < -0.4 is 10.6 Å². The molecule has 1 aromatic carbocycles. The molecule has 3 aromatic rings. The van der Waals surface area contributed by atoms with Gasteiger partial charge in [0.1, 0.15) is 5.76 Å². The molecule has 0 bridgehead atoms. The molecule has 2 aromatic heterocycles. The Morgan fingerprint density at radius 2 is 2.00 bits per heavy atom. The van der Waals surface area contributed by atoms with Gasteiger partial charge in [-0.25, -0.2) is 0 Å². The average Bonchev–Trinajstić information content (AvgIpc) is 3.52. The van der Waals surface area contributed by atoms with Crippen molar-refractivity contribution in [3.8, 4) is 6.07 Å². The molecule has 0 radical (unpaired) electrons. The number of Topliss-reactive ketones (excluding diaryl/α,β-unsaturated/α-hetero) is 1. The van der Waals surface area contributed by atoms with Gasteiger partial charge in [0.2, 0.25) is 0 Å². The van der Waals surface area contributed by atoms with Crippen LogP contribution in [0.15, 0.2) is 92.5 Å². The van der Waals surface area contributed by atoms with Gasteiger partial charge in [-0.1, -0.05) is 36.0 Å². The molecule has 1 amide bonds. The van der Waals surface area contributed by atoms with E-state index >= 15 is 0 Å². The van der Waals surface area contributed by atoms with E-state index in [1.807, 2.05) is 29.6 Å². The first kappa shape index (κ1) is 21.7. The first-order valence-corrected chi connectivity index (χ1v) is 11.7. The van der Waals surface area contributed by atoms with Gasteiger partial charge in [0.15, 0.2) is 5.78 Å². The van der Waals surface area contributed by atoms with Gasteiger partial charge < -0.3 is 15.1 Å². The Morgan fingerprint density at radius 3 is 2.66 bits per heavy atom. The van der Waals surface area contributed by atoms with Crippen LogP contribution in [0.25, 0.3) is 0 Å². The highest BCUT2D eigenvalue weighted by Crippen LogP contribution is 2.41. The number of para-hydroxylation sites is 1. The third-order valence-corrected chi connectivity index (χ3v) is 6.82. The van der Waals surface area contributed by atoms with Gasteiger partial charge in [0.05, 0.1) is 45.1 Å². The Bertz CT molecular complexity index is 1220. The number of carbonyl (C=O) groups excluding carboxylic acids is 2. The number of allylic oxidation sites excluding steroid dienone is 2. The van der Waals surface area contributed by atoms with E-state index in [0.29, 0.717) is 38.2 Å². The van der Waals surface area contributed by atoms with E-state index in [9.17, 15) is 14.9 Å². The highest BCUT2D eigenvalue weighted by molar-refractivity contribution is 8.03. The molecule has 0 fully saturated rings. The quantitative estimate of drug-likeness (QED) is 0.464. The zero-order chi connectivity index (χ0) is 22.5. The number of nitrogens with one attached hydrogen (secondary N) is 2. The van der Waals surface area contributed by atoms with Gasteiger partial charge in [-0.05, 0) is 42.6 Å². The molecule has 1 unspecified atom stereocenters. The predicted octanol–water partition coefficient (Wildman–Crippen LogP) is 5.29. The maximum Gasteiger partial charge on any atom is 0.254 e. The Morgan fingerprint density at radius 1 is 1.19 bits per heavy atom. The Kier molecular flexibility index (Phi) is 6.59. The molecule has 1 aliphatic rings. The fourth-order valence-electron chi connectivity index (χ4n) is 3.43. The average molecular weight is 462 g/mol. The number of nitriles is 1. The summed E-state index contributed by atoms with van der Waals surface area (Å²) in [6.45, 7) is 1.78. The van der Waals surface area contributed by atoms with Crippen LogP contribution in [0.5, 0.6) is 0 Å². The monoisotopic (exact) mass is 461 g/mol. The molecule has 160 valence electrons. The molecule has 0 saturated heterocycles. The van der Waals surface area contributed by atoms with Crippen LogP contribution in [0, 0.1) is 11.3 Å². The number of nitrogens with zero attached hydrogens (tertiary/aromatic N) is 1. The van der Waals surface area contributed by atoms with Crippen molar-refractivity contribution < 1.29 is 14.0 Å². The van der Waals surface area contributed by atoms with Crippen LogP contribution in [0.4, 0.5) is 5.69 Å². The molecule has 2 N–H and O–H groups in total. The van der Waals surface area contributed by atoms with Gasteiger partial charge in [0.25, 0.3) is 5.91 Å². The van der Waals surface area contributed by atoms with Gasteiger partial charge in [-0.2, -0.15) is 5.26 Å². The number of ketones is 1. The number of thiophene rings is 1. The van der Waals surface area contributed by atoms with Gasteiger partial charge in [0, 0.05) is 11.4 Å². The van der Waals surface area contributed by atoms with Gasteiger partial charge >= 0.3 is 0 Å². The third-order valence-electron chi connectivity index (χ3n) is 4.90. The lowest BCUT2D eigenvalue weighted by atomic mass is 9.85. The zero-order valence-electron chi connectivity index (χ0n) is 17.1. The van der Waals surface area contributed by atoms with Crippen molar-refractivity contribution in [2.24, 2.45) is 0 Å². The minimum atomic E-state index is -0.681. The van der Waals surface area contributed by atoms with E-state index in [0.717, 1.165) is 0 Å². The number of hydrogen-bond acceptors (Lipinski definition) is 7. The van der Waals surface area contributed by atoms with Crippen LogP contribution in [-0.4, -0.2) is 17.4 Å². The molecular weight excluding hydrogens is 442 g/mol. The molecule has 4 rings (SSSR count). The second-order valence-corrected chi connectivity index (χ2v) is 8.91. The highest BCUT2D eigenvalue weighted by atomic mass is 32.2. The largest absolute Gasteiger partial charge is 0.468 e. The fraction of sp³-hybridized carbons (Fsp3) is 0.125. The predicted molar refractivity (Wildman–Crippen MR) is 126 cm³/mol. The number of anilines is 1. The molecule has 0 saturated carbocycles. The molecule has 0 aliphatic carbocycles. The van der Waals surface area contributed by atoms with Crippen molar-refractivity contribution in [1.29, 1.82) is 5.26 Å². The van der Waals surface area contributed by atoms with Crippen LogP contribution in [-0.2, 0) is 4.79 Å². The summed E-state index contributed by atoms with van der Waals surface area (Å²) in [5.41, 5.74) is 1.99. The maximum absolute atomic E-state index is 13.2. The fourth-order valence-corrected chi connectivity index (χ4v) is 5.16. The van der Waals surface area contributed by atoms with Crippen LogP contribution >= 0.6 is 23.1 Å². The summed E-state index contributed by atoms with van der Waals surface area (Å²) in [6.07, 6.45) is 1.52. The first-order chi connectivity index (χ1) is 15.6. The van der Waals surface area contributed by atoms with Crippen molar-refractivity contribution in [3.63, 3.8) is 0 Å². The normalized spacial score (nSPS) is 15.8. The van der Waals surface area contributed by atoms with Crippen LogP contribution in [0.2, 0.25) is 0 Å². The number of rotatable bonds is 7. The summed E-state index contributed by atoms with van der Waals surface area (Å²) in [4.78, 5) is 26.4. The van der Waals surface area contributed by atoms with Gasteiger partial charge in [-0.15, -0.1) is 11.3 Å². The van der Waals surface area contributed by atoms with Gasteiger partial charge in [-0.3, -0.25) is 9.59 Å². The number of furan rings is 1. The Labute approximate surface area is 193 Å². The van der Waals surface area contributed by atoms with E-state index < -0.39 is 5.92 Å². The van der Waals surface area contributed by atoms with Crippen molar-refractivity contribution in [3.05, 3.63) is 98.8 Å². The Hall–Kier alpha value is -3.54. The molecule has 0 spiro atoms. The van der Waals surface area contributed by atoms with Crippen molar-refractivity contribution >= 4 is 40.5 Å². The molecule has 8 heteroatoms. The van der Waals surface area contributed by atoms with Crippen LogP contribution in [0.3, 0.4) is 0 Å². The number of amides is 1. The summed E-state index contributed by atoms with van der Waals surface area (Å²) in [7, 11) is 0. The summed E-state index contributed by atoms with van der Waals surface area (Å²) >= 11 is 2.64. The lowest BCUT2D eigenvalue weighted by molar-refractivity contribution is -0.113. The lowest BCUT2D eigenvalue weighted by Gasteiger charge is -2.28. The maximum atomic E-state index is 13.2. The highest BCUT2D eigenvalue weighted by Gasteiger charge is 2.36. The minimum absolute atomic E-state index is 0.0135. The molecule has 1 aliphatic heterocycles. The van der Waals surface area contributed by atoms with E-state index in [4.69, 9.17) is 4.42 Å².